The number of carbonyl (C=O) groups excluding carboxylic acids is 3. The molecule has 1 heterocycles. The Morgan fingerprint density at radius 3 is 2.11 bits per heavy atom. The molecule has 1 aliphatic rings. The number of nitrogens with zero attached hydrogens (tertiary/aromatic N) is 1. The maximum absolute atomic E-state index is 13.4. The molecule has 0 bridgehead atoms. The molecule has 1 aromatic rings. The second-order valence-electron chi connectivity index (χ2n) is 8.66. The van der Waals surface area contributed by atoms with Gasteiger partial charge in [-0.15, -0.1) is 0 Å². The summed E-state index contributed by atoms with van der Waals surface area (Å²) in [7, 11) is 3.91. The minimum atomic E-state index is -0.746. The Balaban J connectivity index is 2.82. The lowest BCUT2D eigenvalue weighted by Gasteiger charge is -2.32. The summed E-state index contributed by atoms with van der Waals surface area (Å²) in [6, 6.07) is 7.39. The van der Waals surface area contributed by atoms with Crippen LogP contribution in [-0.2, 0) is 28.6 Å². The Bertz CT molecular complexity index is 1070. The van der Waals surface area contributed by atoms with Crippen LogP contribution in [0.4, 0.5) is 0 Å². The molecule has 1 atom stereocenters. The highest BCUT2D eigenvalue weighted by Gasteiger charge is 2.39. The van der Waals surface area contributed by atoms with Crippen molar-refractivity contribution in [3.05, 3.63) is 63.5 Å². The normalized spacial score (nSPS) is 16.1. The molecule has 1 aliphatic heterocycles. The van der Waals surface area contributed by atoms with Crippen LogP contribution in [0.2, 0.25) is 0 Å². The van der Waals surface area contributed by atoms with Crippen LogP contribution in [0.5, 0.6) is 0 Å². The minimum Gasteiger partial charge on any atom is -0.463 e. The molecule has 1 N–H and O–H groups in total. The summed E-state index contributed by atoms with van der Waals surface area (Å²) in [5.74, 6) is -2.19. The number of hydrogen-bond acceptors (Lipinski definition) is 8. The number of rotatable bonds is 11. The second-order valence-corrected chi connectivity index (χ2v) is 8.66. The first-order valence-electron chi connectivity index (χ1n) is 12.3. The maximum atomic E-state index is 13.4. The molecular weight excluding hydrogens is 460 g/mol. The standard InChI is InChI=1S/C28H38N2O6/c1-8-34-26(31)18(4)17-20-13-11-12-14-21(20)24-23(27(32)35-9-2)19(5)29-22(15-16-30(6)7)25(24)28(33)36-10-3/h11-14,17,24,29H,8-10,15-16H2,1-7H3/b18-17+. The number of dihydropyridines is 1. The second kappa shape index (κ2) is 13.6. The highest BCUT2D eigenvalue weighted by Crippen LogP contribution is 2.41. The Morgan fingerprint density at radius 1 is 0.944 bits per heavy atom. The molecule has 8 heteroatoms. The van der Waals surface area contributed by atoms with Gasteiger partial charge in [0.1, 0.15) is 0 Å². The molecule has 196 valence electrons. The maximum Gasteiger partial charge on any atom is 0.336 e. The molecule has 0 amide bonds. The van der Waals surface area contributed by atoms with Gasteiger partial charge in [-0.2, -0.15) is 0 Å². The average molecular weight is 499 g/mol. The van der Waals surface area contributed by atoms with E-state index in [0.717, 1.165) is 0 Å². The summed E-state index contributed by atoms with van der Waals surface area (Å²) >= 11 is 0. The molecule has 0 saturated heterocycles. The van der Waals surface area contributed by atoms with Crippen LogP contribution in [0.3, 0.4) is 0 Å². The van der Waals surface area contributed by atoms with Gasteiger partial charge in [-0.05, 0) is 65.9 Å². The predicted molar refractivity (Wildman–Crippen MR) is 139 cm³/mol. The van der Waals surface area contributed by atoms with Crippen molar-refractivity contribution >= 4 is 24.0 Å². The van der Waals surface area contributed by atoms with Gasteiger partial charge in [-0.3, -0.25) is 0 Å². The van der Waals surface area contributed by atoms with Crippen molar-refractivity contribution in [2.24, 2.45) is 0 Å². The average Bonchev–Trinajstić information content (AvgIpc) is 2.82. The van der Waals surface area contributed by atoms with Crippen molar-refractivity contribution in [3.8, 4) is 0 Å². The van der Waals surface area contributed by atoms with E-state index in [1.165, 1.54) is 0 Å². The van der Waals surface area contributed by atoms with Gasteiger partial charge in [-0.1, -0.05) is 24.3 Å². The lowest BCUT2D eigenvalue weighted by atomic mass is 9.77. The van der Waals surface area contributed by atoms with Crippen LogP contribution >= 0.6 is 0 Å². The number of esters is 3. The van der Waals surface area contributed by atoms with Crippen molar-refractivity contribution in [1.82, 2.24) is 10.2 Å². The fraction of sp³-hybridized carbons (Fsp3) is 0.464. The number of ether oxygens (including phenoxy) is 3. The lowest BCUT2D eigenvalue weighted by Crippen LogP contribution is -2.34. The van der Waals surface area contributed by atoms with Crippen LogP contribution in [0.1, 0.15) is 58.1 Å². The van der Waals surface area contributed by atoms with Gasteiger partial charge < -0.3 is 24.4 Å². The van der Waals surface area contributed by atoms with Gasteiger partial charge in [0.05, 0.1) is 36.9 Å². The molecule has 8 nitrogen and oxygen atoms in total. The molecule has 36 heavy (non-hydrogen) atoms. The number of carbonyl (C=O) groups is 3. The zero-order valence-electron chi connectivity index (χ0n) is 22.4. The molecule has 2 rings (SSSR count). The first-order chi connectivity index (χ1) is 17.2. The van der Waals surface area contributed by atoms with Gasteiger partial charge in [0, 0.05) is 29.9 Å². The summed E-state index contributed by atoms with van der Waals surface area (Å²) in [6.45, 7) is 10.0. The van der Waals surface area contributed by atoms with Gasteiger partial charge in [0.15, 0.2) is 0 Å². The van der Waals surface area contributed by atoms with E-state index in [0.29, 0.717) is 52.2 Å². The quantitative estimate of drug-likeness (QED) is 0.279. The molecule has 1 unspecified atom stereocenters. The van der Waals surface area contributed by atoms with E-state index in [1.54, 1.807) is 40.7 Å². The highest BCUT2D eigenvalue weighted by atomic mass is 16.5. The number of allylic oxidation sites excluding steroid dienone is 1. The van der Waals surface area contributed by atoms with Crippen LogP contribution in [0.15, 0.2) is 52.4 Å². The van der Waals surface area contributed by atoms with E-state index in [9.17, 15) is 14.4 Å². The third-order valence-electron chi connectivity index (χ3n) is 5.72. The van der Waals surface area contributed by atoms with Crippen LogP contribution < -0.4 is 5.32 Å². The van der Waals surface area contributed by atoms with E-state index in [1.807, 2.05) is 43.3 Å². The van der Waals surface area contributed by atoms with Gasteiger partial charge in [0.25, 0.3) is 0 Å². The van der Waals surface area contributed by atoms with Crippen molar-refractivity contribution in [1.29, 1.82) is 0 Å². The Morgan fingerprint density at radius 2 is 1.53 bits per heavy atom. The van der Waals surface area contributed by atoms with Gasteiger partial charge in [0.2, 0.25) is 0 Å². The largest absolute Gasteiger partial charge is 0.463 e. The van der Waals surface area contributed by atoms with Crippen molar-refractivity contribution < 1.29 is 28.6 Å². The summed E-state index contributed by atoms with van der Waals surface area (Å²) in [6.07, 6.45) is 2.26. The molecule has 0 fully saturated rings. The van der Waals surface area contributed by atoms with E-state index in [4.69, 9.17) is 14.2 Å². The zero-order valence-corrected chi connectivity index (χ0v) is 22.4. The van der Waals surface area contributed by atoms with Crippen LogP contribution in [0, 0.1) is 0 Å². The van der Waals surface area contributed by atoms with Crippen molar-refractivity contribution in [3.63, 3.8) is 0 Å². The van der Waals surface area contributed by atoms with Gasteiger partial charge in [-0.25, -0.2) is 14.4 Å². The summed E-state index contributed by atoms with van der Waals surface area (Å²) in [4.78, 5) is 41.0. The third kappa shape index (κ3) is 7.07. The predicted octanol–water partition coefficient (Wildman–Crippen LogP) is 3.95. The summed E-state index contributed by atoms with van der Waals surface area (Å²) in [5, 5.41) is 3.29. The van der Waals surface area contributed by atoms with E-state index in [-0.39, 0.29) is 19.8 Å². The molecule has 0 aromatic heterocycles. The lowest BCUT2D eigenvalue weighted by molar-refractivity contribution is -0.140. The van der Waals surface area contributed by atoms with Gasteiger partial charge >= 0.3 is 17.9 Å². The van der Waals surface area contributed by atoms with E-state index < -0.39 is 23.8 Å². The number of hydrogen-bond donors (Lipinski definition) is 1. The topological polar surface area (TPSA) is 94.2 Å². The number of nitrogens with one attached hydrogen (secondary N) is 1. The molecule has 0 radical (unpaired) electrons. The summed E-state index contributed by atoms with van der Waals surface area (Å²) < 4.78 is 16.0. The molecule has 0 aliphatic carbocycles. The fourth-order valence-corrected chi connectivity index (χ4v) is 4.11. The monoisotopic (exact) mass is 498 g/mol. The van der Waals surface area contributed by atoms with Crippen LogP contribution in [-0.4, -0.2) is 63.3 Å². The first kappa shape index (κ1) is 28.8. The molecule has 1 aromatic carbocycles. The first-order valence-corrected chi connectivity index (χ1v) is 12.3. The fourth-order valence-electron chi connectivity index (χ4n) is 4.11. The highest BCUT2D eigenvalue weighted by molar-refractivity contribution is 6.00. The number of benzene rings is 1. The third-order valence-corrected chi connectivity index (χ3v) is 5.72. The van der Waals surface area contributed by atoms with Crippen molar-refractivity contribution in [2.75, 3.05) is 40.5 Å². The molecular formula is C28H38N2O6. The zero-order chi connectivity index (χ0) is 26.8. The Hall–Kier alpha value is -3.39. The van der Waals surface area contributed by atoms with E-state index >= 15 is 0 Å². The summed E-state index contributed by atoms with van der Waals surface area (Å²) in [5.41, 5.74) is 3.80. The Kier molecular flexibility index (Phi) is 10.9. The smallest absolute Gasteiger partial charge is 0.336 e. The van der Waals surface area contributed by atoms with Crippen molar-refractivity contribution in [2.45, 2.75) is 47.0 Å². The Labute approximate surface area is 214 Å². The SMILES string of the molecule is CCOC(=O)C1=C(C)NC(CCN(C)C)=C(C(=O)OCC)C1c1ccccc1/C=C(\C)C(=O)OCC. The van der Waals surface area contributed by atoms with E-state index in [2.05, 4.69) is 5.32 Å². The van der Waals surface area contributed by atoms with Crippen LogP contribution in [0.25, 0.3) is 6.08 Å². The molecule has 0 spiro atoms. The minimum absolute atomic E-state index is 0.191. The molecule has 0 saturated carbocycles.